The number of nitrogens with one attached hydrogen (secondary N) is 2. The average Bonchev–Trinajstić information content (AvgIpc) is 3.02. The molecule has 1 aromatic carbocycles. The number of nitrogens with zero attached hydrogens (tertiary/aromatic N) is 2. The zero-order chi connectivity index (χ0) is 19.0. The molecule has 0 radical (unpaired) electrons. The molecule has 10 heteroatoms. The van der Waals surface area contributed by atoms with Gasteiger partial charge in [0.1, 0.15) is 5.01 Å². The first kappa shape index (κ1) is 20.4. The summed E-state index contributed by atoms with van der Waals surface area (Å²) >= 11 is 1.22. The van der Waals surface area contributed by atoms with Crippen LogP contribution in [0, 0.1) is 6.92 Å². The van der Waals surface area contributed by atoms with E-state index in [9.17, 15) is 13.2 Å². The second kappa shape index (κ2) is 9.72. The molecule has 0 aliphatic rings. The third-order valence-electron chi connectivity index (χ3n) is 3.35. The van der Waals surface area contributed by atoms with Gasteiger partial charge in [-0.1, -0.05) is 29.0 Å². The average molecular weight is 399 g/mol. The summed E-state index contributed by atoms with van der Waals surface area (Å²) in [4.78, 5) is 11.9. The number of rotatable bonds is 10. The number of hydrogen-bond acceptors (Lipinski definition) is 7. The lowest BCUT2D eigenvalue weighted by Gasteiger charge is -2.05. The number of anilines is 1. The molecule has 1 amide bonds. The van der Waals surface area contributed by atoms with Crippen LogP contribution in [0.15, 0.2) is 29.2 Å². The minimum atomic E-state index is -3.55. The number of carbonyl (C=O) groups is 1. The summed E-state index contributed by atoms with van der Waals surface area (Å²) in [7, 11) is -3.55. The zero-order valence-electron chi connectivity index (χ0n) is 14.7. The monoisotopic (exact) mass is 398 g/mol. The lowest BCUT2D eigenvalue weighted by atomic mass is 10.2. The summed E-state index contributed by atoms with van der Waals surface area (Å²) < 4.78 is 32.0. The van der Waals surface area contributed by atoms with Crippen molar-refractivity contribution in [2.75, 3.05) is 25.1 Å². The Morgan fingerprint density at radius 2 is 1.96 bits per heavy atom. The normalized spacial score (nSPS) is 11.5. The zero-order valence-corrected chi connectivity index (χ0v) is 16.3. The molecule has 0 fully saturated rings. The fourth-order valence-electron chi connectivity index (χ4n) is 1.99. The van der Waals surface area contributed by atoms with Crippen molar-refractivity contribution in [3.05, 3.63) is 34.8 Å². The summed E-state index contributed by atoms with van der Waals surface area (Å²) in [6, 6.07) is 6.64. The van der Waals surface area contributed by atoms with Crippen LogP contribution < -0.4 is 10.0 Å². The SMILES string of the molecule is CCOCCC(=O)Nc1nnc(CCNS(=O)(=O)c2ccc(C)cc2)s1. The predicted octanol–water partition coefficient (Wildman–Crippen LogP) is 1.73. The highest BCUT2D eigenvalue weighted by Gasteiger charge is 2.14. The molecule has 2 rings (SSSR count). The fraction of sp³-hybridized carbons (Fsp3) is 0.438. The van der Waals surface area contributed by atoms with Gasteiger partial charge >= 0.3 is 0 Å². The molecule has 0 aliphatic heterocycles. The van der Waals surface area contributed by atoms with E-state index in [1.54, 1.807) is 24.3 Å². The van der Waals surface area contributed by atoms with E-state index in [0.29, 0.717) is 29.8 Å². The van der Waals surface area contributed by atoms with Crippen LogP contribution in [0.2, 0.25) is 0 Å². The molecule has 0 bridgehead atoms. The molecule has 1 heterocycles. The van der Waals surface area contributed by atoms with E-state index in [-0.39, 0.29) is 23.8 Å². The highest BCUT2D eigenvalue weighted by atomic mass is 32.2. The summed E-state index contributed by atoms with van der Waals surface area (Å²) in [6.45, 7) is 4.88. The van der Waals surface area contributed by atoms with Crippen molar-refractivity contribution < 1.29 is 17.9 Å². The predicted molar refractivity (Wildman–Crippen MR) is 99.7 cm³/mol. The molecule has 0 saturated heterocycles. The Bertz CT molecular complexity index is 819. The highest BCUT2D eigenvalue weighted by molar-refractivity contribution is 7.89. The van der Waals surface area contributed by atoms with Gasteiger partial charge in [-0.2, -0.15) is 0 Å². The number of sulfonamides is 1. The number of carbonyl (C=O) groups excluding carboxylic acids is 1. The van der Waals surface area contributed by atoms with Gasteiger partial charge in [-0.25, -0.2) is 13.1 Å². The number of benzene rings is 1. The van der Waals surface area contributed by atoms with E-state index in [2.05, 4.69) is 20.2 Å². The fourth-order valence-corrected chi connectivity index (χ4v) is 3.78. The maximum absolute atomic E-state index is 12.2. The van der Waals surface area contributed by atoms with Crippen LogP contribution in [0.1, 0.15) is 23.9 Å². The first-order valence-electron chi connectivity index (χ1n) is 8.17. The number of ether oxygens (including phenoxy) is 1. The van der Waals surface area contributed by atoms with Crippen molar-refractivity contribution >= 4 is 32.4 Å². The van der Waals surface area contributed by atoms with Crippen molar-refractivity contribution in [3.63, 3.8) is 0 Å². The number of hydrogen-bond donors (Lipinski definition) is 2. The minimum absolute atomic E-state index is 0.193. The van der Waals surface area contributed by atoms with Gasteiger partial charge in [0.15, 0.2) is 0 Å². The van der Waals surface area contributed by atoms with E-state index in [0.717, 1.165) is 5.56 Å². The van der Waals surface area contributed by atoms with Crippen molar-refractivity contribution in [3.8, 4) is 0 Å². The van der Waals surface area contributed by atoms with Gasteiger partial charge in [-0.3, -0.25) is 4.79 Å². The molecule has 0 atom stereocenters. The third-order valence-corrected chi connectivity index (χ3v) is 5.73. The molecule has 26 heavy (non-hydrogen) atoms. The minimum Gasteiger partial charge on any atom is -0.381 e. The molecule has 0 saturated carbocycles. The van der Waals surface area contributed by atoms with Gasteiger partial charge < -0.3 is 10.1 Å². The van der Waals surface area contributed by atoms with Gasteiger partial charge in [-0.05, 0) is 26.0 Å². The van der Waals surface area contributed by atoms with Crippen molar-refractivity contribution in [1.82, 2.24) is 14.9 Å². The van der Waals surface area contributed by atoms with E-state index in [4.69, 9.17) is 4.74 Å². The summed E-state index contributed by atoms with van der Waals surface area (Å²) in [5.74, 6) is -0.193. The Hall–Kier alpha value is -1.88. The van der Waals surface area contributed by atoms with Gasteiger partial charge in [-0.15, -0.1) is 10.2 Å². The molecule has 2 N–H and O–H groups in total. The number of amides is 1. The second-order valence-electron chi connectivity index (χ2n) is 5.46. The highest BCUT2D eigenvalue weighted by Crippen LogP contribution is 2.16. The molecule has 0 spiro atoms. The van der Waals surface area contributed by atoms with Crippen LogP contribution in [-0.2, 0) is 26.0 Å². The summed E-state index contributed by atoms with van der Waals surface area (Å²) in [5.41, 5.74) is 0.994. The van der Waals surface area contributed by atoms with Crippen LogP contribution >= 0.6 is 11.3 Å². The smallest absolute Gasteiger partial charge is 0.240 e. The van der Waals surface area contributed by atoms with Gasteiger partial charge in [0, 0.05) is 19.6 Å². The van der Waals surface area contributed by atoms with E-state index >= 15 is 0 Å². The Morgan fingerprint density at radius 3 is 2.65 bits per heavy atom. The lowest BCUT2D eigenvalue weighted by Crippen LogP contribution is -2.25. The van der Waals surface area contributed by atoms with Crippen molar-refractivity contribution in [2.24, 2.45) is 0 Å². The first-order chi connectivity index (χ1) is 12.4. The molecule has 8 nitrogen and oxygen atoms in total. The largest absolute Gasteiger partial charge is 0.381 e. The maximum atomic E-state index is 12.2. The second-order valence-corrected chi connectivity index (χ2v) is 8.29. The van der Waals surface area contributed by atoms with Crippen molar-refractivity contribution in [2.45, 2.75) is 31.6 Å². The third kappa shape index (κ3) is 6.45. The number of aromatic nitrogens is 2. The summed E-state index contributed by atoms with van der Waals surface area (Å²) in [5, 5.41) is 11.5. The van der Waals surface area contributed by atoms with Crippen LogP contribution in [0.5, 0.6) is 0 Å². The molecule has 2 aromatic rings. The van der Waals surface area contributed by atoms with Crippen LogP contribution in [-0.4, -0.2) is 44.3 Å². The Morgan fingerprint density at radius 1 is 1.23 bits per heavy atom. The van der Waals surface area contributed by atoms with Crippen molar-refractivity contribution in [1.29, 1.82) is 0 Å². The van der Waals surface area contributed by atoms with E-state index in [1.165, 1.54) is 11.3 Å². The van der Waals surface area contributed by atoms with Crippen LogP contribution in [0.4, 0.5) is 5.13 Å². The quantitative estimate of drug-likeness (QED) is 0.590. The topological polar surface area (TPSA) is 110 Å². The molecular formula is C16H22N4O4S2. The Labute approximate surface area is 157 Å². The van der Waals surface area contributed by atoms with E-state index in [1.807, 2.05) is 13.8 Å². The van der Waals surface area contributed by atoms with Crippen LogP contribution in [0.25, 0.3) is 0 Å². The Balaban J connectivity index is 1.80. The standard InChI is InChI=1S/C16H22N4O4S2/c1-3-24-11-9-14(21)18-16-20-19-15(25-16)8-10-17-26(22,23)13-6-4-12(2)5-7-13/h4-7,17H,3,8-11H2,1-2H3,(H,18,20,21). The Kier molecular flexibility index (Phi) is 7.64. The maximum Gasteiger partial charge on any atom is 0.240 e. The van der Waals surface area contributed by atoms with Gasteiger partial charge in [0.2, 0.25) is 21.1 Å². The summed E-state index contributed by atoms with van der Waals surface area (Å²) in [6.07, 6.45) is 0.636. The van der Waals surface area contributed by atoms with Gasteiger partial charge in [0.25, 0.3) is 0 Å². The lowest BCUT2D eigenvalue weighted by molar-refractivity contribution is -0.117. The number of aryl methyl sites for hydroxylation is 1. The van der Waals surface area contributed by atoms with Crippen LogP contribution in [0.3, 0.4) is 0 Å². The molecular weight excluding hydrogens is 376 g/mol. The van der Waals surface area contributed by atoms with Gasteiger partial charge in [0.05, 0.1) is 17.9 Å². The molecule has 1 aromatic heterocycles. The molecule has 0 aliphatic carbocycles. The molecule has 142 valence electrons. The first-order valence-corrected chi connectivity index (χ1v) is 10.5. The van der Waals surface area contributed by atoms with E-state index < -0.39 is 10.0 Å². The molecule has 0 unspecified atom stereocenters.